The first-order valence-electron chi connectivity index (χ1n) is 5.10. The third kappa shape index (κ3) is 2.42. The summed E-state index contributed by atoms with van der Waals surface area (Å²) in [6.07, 6.45) is 5.99. The molecule has 0 radical (unpaired) electrons. The van der Waals surface area contributed by atoms with Gasteiger partial charge in [0.2, 0.25) is 0 Å². The van der Waals surface area contributed by atoms with Crippen molar-refractivity contribution < 1.29 is 0 Å². The molecule has 4 heteroatoms. The molecule has 2 N–H and O–H groups in total. The van der Waals surface area contributed by atoms with Gasteiger partial charge in [0, 0.05) is 18.8 Å². The van der Waals surface area contributed by atoms with Crippen LogP contribution in [-0.4, -0.2) is 29.1 Å². The van der Waals surface area contributed by atoms with Gasteiger partial charge in [0.25, 0.3) is 0 Å². The molecule has 0 aliphatic carbocycles. The Morgan fingerprint density at radius 3 is 3.14 bits per heavy atom. The molecule has 4 nitrogen and oxygen atoms in total. The first kappa shape index (κ1) is 9.40. The van der Waals surface area contributed by atoms with Crippen LogP contribution in [0.3, 0.4) is 0 Å². The number of hydrogen-bond donors (Lipinski definition) is 2. The smallest absolute Gasteiger partial charge is 0.145 e. The lowest BCUT2D eigenvalue weighted by Gasteiger charge is -2.24. The molecular formula is C10H16N4. The summed E-state index contributed by atoms with van der Waals surface area (Å²) in [5.74, 6) is 0.888. The van der Waals surface area contributed by atoms with E-state index >= 15 is 0 Å². The molecule has 1 aliphatic rings. The van der Waals surface area contributed by atoms with E-state index in [1.165, 1.54) is 12.8 Å². The van der Waals surface area contributed by atoms with E-state index in [0.717, 1.165) is 24.6 Å². The van der Waals surface area contributed by atoms with Gasteiger partial charge in [-0.05, 0) is 26.3 Å². The van der Waals surface area contributed by atoms with Crippen LogP contribution in [0.4, 0.5) is 5.82 Å². The number of anilines is 1. The number of rotatable bonds is 2. The maximum absolute atomic E-state index is 4.37. The van der Waals surface area contributed by atoms with Gasteiger partial charge in [-0.3, -0.25) is 4.98 Å². The minimum atomic E-state index is 0.500. The predicted molar refractivity (Wildman–Crippen MR) is 56.3 cm³/mol. The first-order chi connectivity index (χ1) is 6.84. The molecule has 1 atom stereocenters. The molecule has 0 bridgehead atoms. The average molecular weight is 192 g/mol. The second-order valence-corrected chi connectivity index (χ2v) is 3.73. The third-order valence-electron chi connectivity index (χ3n) is 2.40. The van der Waals surface area contributed by atoms with Crippen molar-refractivity contribution in [3.63, 3.8) is 0 Å². The maximum Gasteiger partial charge on any atom is 0.145 e. The molecule has 0 saturated carbocycles. The van der Waals surface area contributed by atoms with Crippen LogP contribution in [-0.2, 0) is 0 Å². The minimum absolute atomic E-state index is 0.500. The summed E-state index contributed by atoms with van der Waals surface area (Å²) >= 11 is 0. The number of aryl methyl sites for hydroxylation is 1. The number of nitrogens with one attached hydrogen (secondary N) is 2. The number of aromatic nitrogens is 2. The summed E-state index contributed by atoms with van der Waals surface area (Å²) in [5, 5.41) is 6.74. The summed E-state index contributed by atoms with van der Waals surface area (Å²) in [6, 6.07) is 0.500. The lowest BCUT2D eigenvalue weighted by Crippen LogP contribution is -2.38. The fourth-order valence-electron chi connectivity index (χ4n) is 1.72. The summed E-state index contributed by atoms with van der Waals surface area (Å²) < 4.78 is 0. The SMILES string of the molecule is Cc1cncc(NC2CCCNC2)n1. The summed E-state index contributed by atoms with van der Waals surface area (Å²) in [5.41, 5.74) is 0.957. The van der Waals surface area contributed by atoms with Crippen molar-refractivity contribution in [2.45, 2.75) is 25.8 Å². The van der Waals surface area contributed by atoms with Gasteiger partial charge >= 0.3 is 0 Å². The van der Waals surface area contributed by atoms with E-state index < -0.39 is 0 Å². The second kappa shape index (κ2) is 4.37. The molecular weight excluding hydrogens is 176 g/mol. The average Bonchev–Trinajstić information content (AvgIpc) is 2.19. The van der Waals surface area contributed by atoms with Crippen molar-refractivity contribution in [2.24, 2.45) is 0 Å². The maximum atomic E-state index is 4.37. The Labute approximate surface area is 84.2 Å². The first-order valence-corrected chi connectivity index (χ1v) is 5.10. The zero-order valence-electron chi connectivity index (χ0n) is 8.45. The fraction of sp³-hybridized carbons (Fsp3) is 0.600. The molecule has 0 aromatic carbocycles. The van der Waals surface area contributed by atoms with E-state index in [1.54, 1.807) is 12.4 Å². The topological polar surface area (TPSA) is 49.8 Å². The molecule has 0 amide bonds. The highest BCUT2D eigenvalue weighted by molar-refractivity contribution is 5.33. The molecule has 1 aromatic rings. The van der Waals surface area contributed by atoms with Crippen molar-refractivity contribution >= 4 is 5.82 Å². The largest absolute Gasteiger partial charge is 0.365 e. The van der Waals surface area contributed by atoms with E-state index in [4.69, 9.17) is 0 Å². The molecule has 1 aromatic heterocycles. The molecule has 2 heterocycles. The van der Waals surface area contributed by atoms with E-state index in [9.17, 15) is 0 Å². The van der Waals surface area contributed by atoms with Crippen LogP contribution in [0, 0.1) is 6.92 Å². The molecule has 2 rings (SSSR count). The van der Waals surface area contributed by atoms with Crippen LogP contribution >= 0.6 is 0 Å². The normalized spacial score (nSPS) is 21.9. The molecule has 1 aliphatic heterocycles. The fourth-order valence-corrected chi connectivity index (χ4v) is 1.72. The highest BCUT2D eigenvalue weighted by Gasteiger charge is 2.12. The van der Waals surface area contributed by atoms with E-state index in [1.807, 2.05) is 6.92 Å². The molecule has 1 saturated heterocycles. The molecule has 1 fully saturated rings. The zero-order chi connectivity index (χ0) is 9.80. The predicted octanol–water partition coefficient (Wildman–Crippen LogP) is 0.949. The van der Waals surface area contributed by atoms with Crippen molar-refractivity contribution in [3.05, 3.63) is 18.1 Å². The second-order valence-electron chi connectivity index (χ2n) is 3.73. The Hall–Kier alpha value is -1.16. The molecule has 14 heavy (non-hydrogen) atoms. The Kier molecular flexibility index (Phi) is 2.93. The van der Waals surface area contributed by atoms with E-state index in [-0.39, 0.29) is 0 Å². The van der Waals surface area contributed by atoms with E-state index in [2.05, 4.69) is 20.6 Å². The Morgan fingerprint density at radius 2 is 2.43 bits per heavy atom. The lowest BCUT2D eigenvalue weighted by molar-refractivity contribution is 0.479. The van der Waals surface area contributed by atoms with Crippen molar-refractivity contribution in [2.75, 3.05) is 18.4 Å². The number of piperidine rings is 1. The van der Waals surface area contributed by atoms with Crippen LogP contribution in [0.15, 0.2) is 12.4 Å². The monoisotopic (exact) mass is 192 g/mol. The van der Waals surface area contributed by atoms with Crippen LogP contribution < -0.4 is 10.6 Å². The van der Waals surface area contributed by atoms with Gasteiger partial charge in [0.1, 0.15) is 5.82 Å². The highest BCUT2D eigenvalue weighted by Crippen LogP contribution is 2.09. The third-order valence-corrected chi connectivity index (χ3v) is 2.40. The Balaban J connectivity index is 1.95. The number of nitrogens with zero attached hydrogens (tertiary/aromatic N) is 2. The van der Waals surface area contributed by atoms with E-state index in [0.29, 0.717) is 6.04 Å². The Morgan fingerprint density at radius 1 is 1.50 bits per heavy atom. The lowest BCUT2D eigenvalue weighted by atomic mass is 10.1. The van der Waals surface area contributed by atoms with Crippen molar-refractivity contribution in [1.29, 1.82) is 0 Å². The van der Waals surface area contributed by atoms with Gasteiger partial charge < -0.3 is 10.6 Å². The summed E-state index contributed by atoms with van der Waals surface area (Å²) in [7, 11) is 0. The van der Waals surface area contributed by atoms with Gasteiger partial charge in [0.15, 0.2) is 0 Å². The Bertz CT molecular complexity index is 294. The van der Waals surface area contributed by atoms with Crippen LogP contribution in [0.25, 0.3) is 0 Å². The standard InChI is InChI=1S/C10H16N4/c1-8-5-12-7-10(13-8)14-9-3-2-4-11-6-9/h5,7,9,11H,2-4,6H2,1H3,(H,13,14). The van der Waals surface area contributed by atoms with Crippen molar-refractivity contribution in [3.8, 4) is 0 Å². The number of hydrogen-bond acceptors (Lipinski definition) is 4. The van der Waals surface area contributed by atoms with Gasteiger partial charge in [0.05, 0.1) is 11.9 Å². The van der Waals surface area contributed by atoms with Gasteiger partial charge in [-0.2, -0.15) is 0 Å². The van der Waals surface area contributed by atoms with Crippen LogP contribution in [0.2, 0.25) is 0 Å². The molecule has 1 unspecified atom stereocenters. The quantitative estimate of drug-likeness (QED) is 0.732. The summed E-state index contributed by atoms with van der Waals surface area (Å²) in [4.78, 5) is 8.47. The van der Waals surface area contributed by atoms with Gasteiger partial charge in [-0.1, -0.05) is 0 Å². The van der Waals surface area contributed by atoms with Crippen LogP contribution in [0.1, 0.15) is 18.5 Å². The molecule has 0 spiro atoms. The molecule has 76 valence electrons. The van der Waals surface area contributed by atoms with Crippen LogP contribution in [0.5, 0.6) is 0 Å². The van der Waals surface area contributed by atoms with Gasteiger partial charge in [-0.25, -0.2) is 4.98 Å². The summed E-state index contributed by atoms with van der Waals surface area (Å²) in [6.45, 7) is 4.12. The highest BCUT2D eigenvalue weighted by atomic mass is 15.1. The van der Waals surface area contributed by atoms with Gasteiger partial charge in [-0.15, -0.1) is 0 Å². The minimum Gasteiger partial charge on any atom is -0.365 e. The van der Waals surface area contributed by atoms with Crippen molar-refractivity contribution in [1.82, 2.24) is 15.3 Å². The zero-order valence-corrected chi connectivity index (χ0v) is 8.45.